The zero-order valence-electron chi connectivity index (χ0n) is 18.3. The second kappa shape index (κ2) is 9.32. The topological polar surface area (TPSA) is 30.5 Å². The van der Waals surface area contributed by atoms with Gasteiger partial charge in [-0.1, -0.05) is 66.5 Å². The molecule has 28 heavy (non-hydrogen) atoms. The van der Waals surface area contributed by atoms with E-state index in [0.717, 1.165) is 40.1 Å². The van der Waals surface area contributed by atoms with Crippen molar-refractivity contribution in [2.24, 2.45) is 5.41 Å². The molecule has 0 aliphatic rings. The van der Waals surface area contributed by atoms with Crippen molar-refractivity contribution < 1.29 is 9.47 Å². The van der Waals surface area contributed by atoms with Gasteiger partial charge in [-0.15, -0.1) is 0 Å². The summed E-state index contributed by atoms with van der Waals surface area (Å²) in [5.41, 5.74) is 3.86. The normalized spacial score (nSPS) is 12.1. The van der Waals surface area contributed by atoms with Gasteiger partial charge in [0.2, 0.25) is 0 Å². The van der Waals surface area contributed by atoms with E-state index in [1.807, 2.05) is 6.07 Å². The van der Waals surface area contributed by atoms with E-state index < -0.39 is 0 Å². The van der Waals surface area contributed by atoms with Gasteiger partial charge >= 0.3 is 0 Å². The van der Waals surface area contributed by atoms with E-state index in [9.17, 15) is 0 Å². The summed E-state index contributed by atoms with van der Waals surface area (Å²) in [5.74, 6) is 1.49. The highest BCUT2D eigenvalue weighted by molar-refractivity contribution is 9.10. The van der Waals surface area contributed by atoms with E-state index in [1.54, 1.807) is 7.11 Å². The standard InChI is InChI=1S/C24H34BrNO2/c1-17-8-10-18(11-9-17)15-28-22-13-20(25)19(12-21(22)27-7)14-26-24(5,6)16-23(2,3)4/h8-13,26H,14-16H2,1-7H3. The van der Waals surface area contributed by atoms with Crippen molar-refractivity contribution in [1.82, 2.24) is 5.32 Å². The molecule has 0 heterocycles. The second-order valence-electron chi connectivity index (χ2n) is 9.34. The first-order chi connectivity index (χ1) is 13.0. The van der Waals surface area contributed by atoms with Crippen LogP contribution in [0.25, 0.3) is 0 Å². The minimum atomic E-state index is 0.0472. The number of nitrogens with one attached hydrogen (secondary N) is 1. The molecule has 0 saturated carbocycles. The number of methoxy groups -OCH3 is 1. The summed E-state index contributed by atoms with van der Waals surface area (Å²) < 4.78 is 12.6. The van der Waals surface area contributed by atoms with Crippen LogP contribution in [0.2, 0.25) is 0 Å². The molecule has 1 N–H and O–H groups in total. The first-order valence-corrected chi connectivity index (χ1v) is 10.6. The molecule has 154 valence electrons. The molecule has 0 saturated heterocycles. The van der Waals surface area contributed by atoms with E-state index in [1.165, 1.54) is 5.56 Å². The van der Waals surface area contributed by atoms with Gasteiger partial charge in [0, 0.05) is 16.6 Å². The number of rotatable bonds is 8. The van der Waals surface area contributed by atoms with Gasteiger partial charge in [-0.2, -0.15) is 0 Å². The molecule has 0 aromatic heterocycles. The second-order valence-corrected chi connectivity index (χ2v) is 10.2. The van der Waals surface area contributed by atoms with E-state index in [-0.39, 0.29) is 11.0 Å². The zero-order valence-corrected chi connectivity index (χ0v) is 19.9. The van der Waals surface area contributed by atoms with Gasteiger partial charge in [-0.25, -0.2) is 0 Å². The highest BCUT2D eigenvalue weighted by Crippen LogP contribution is 2.35. The third kappa shape index (κ3) is 7.14. The van der Waals surface area contributed by atoms with Gasteiger partial charge in [-0.3, -0.25) is 0 Å². The van der Waals surface area contributed by atoms with Gasteiger partial charge < -0.3 is 14.8 Å². The molecule has 0 aliphatic heterocycles. The van der Waals surface area contributed by atoms with Crippen LogP contribution in [0.15, 0.2) is 40.9 Å². The summed E-state index contributed by atoms with van der Waals surface area (Å²) in [6.45, 7) is 14.7. The summed E-state index contributed by atoms with van der Waals surface area (Å²) in [6.07, 6.45) is 1.09. The van der Waals surface area contributed by atoms with Gasteiger partial charge in [0.05, 0.1) is 7.11 Å². The maximum Gasteiger partial charge on any atom is 0.162 e. The summed E-state index contributed by atoms with van der Waals surface area (Å²) in [6, 6.07) is 12.4. The minimum absolute atomic E-state index is 0.0472. The van der Waals surface area contributed by atoms with E-state index in [0.29, 0.717) is 6.61 Å². The Labute approximate surface area is 179 Å². The predicted molar refractivity (Wildman–Crippen MR) is 121 cm³/mol. The largest absolute Gasteiger partial charge is 0.493 e. The first-order valence-electron chi connectivity index (χ1n) is 9.79. The number of benzene rings is 2. The zero-order chi connectivity index (χ0) is 20.9. The molecular formula is C24H34BrNO2. The number of hydrogen-bond donors (Lipinski definition) is 1. The Hall–Kier alpha value is -1.52. The fourth-order valence-corrected chi connectivity index (χ4v) is 4.02. The van der Waals surface area contributed by atoms with Crippen molar-refractivity contribution in [3.05, 3.63) is 57.6 Å². The SMILES string of the molecule is COc1cc(CNC(C)(C)CC(C)(C)C)c(Br)cc1OCc1ccc(C)cc1. The van der Waals surface area contributed by atoms with Crippen LogP contribution in [0.3, 0.4) is 0 Å². The maximum absolute atomic E-state index is 6.03. The van der Waals surface area contributed by atoms with Gasteiger partial charge in [0.25, 0.3) is 0 Å². The van der Waals surface area contributed by atoms with Gasteiger partial charge in [0.1, 0.15) is 6.61 Å². The third-order valence-electron chi connectivity index (χ3n) is 4.58. The molecule has 0 unspecified atom stereocenters. The molecule has 0 amide bonds. The number of ether oxygens (including phenoxy) is 2. The van der Waals surface area contributed by atoms with Crippen LogP contribution >= 0.6 is 15.9 Å². The number of halogens is 1. The highest BCUT2D eigenvalue weighted by Gasteiger charge is 2.25. The lowest BCUT2D eigenvalue weighted by atomic mass is 9.82. The average molecular weight is 448 g/mol. The van der Waals surface area contributed by atoms with Crippen LogP contribution in [-0.2, 0) is 13.2 Å². The number of hydrogen-bond acceptors (Lipinski definition) is 3. The lowest BCUT2D eigenvalue weighted by Gasteiger charge is -2.33. The maximum atomic E-state index is 6.03. The van der Waals surface area contributed by atoms with Crippen molar-refractivity contribution in [3.8, 4) is 11.5 Å². The van der Waals surface area contributed by atoms with Crippen molar-refractivity contribution >= 4 is 15.9 Å². The average Bonchev–Trinajstić information content (AvgIpc) is 2.58. The van der Waals surface area contributed by atoms with Crippen molar-refractivity contribution in [2.45, 2.75) is 66.7 Å². The molecule has 2 aromatic carbocycles. The molecule has 2 aromatic rings. The van der Waals surface area contributed by atoms with E-state index in [4.69, 9.17) is 9.47 Å². The van der Waals surface area contributed by atoms with Crippen molar-refractivity contribution in [3.63, 3.8) is 0 Å². The third-order valence-corrected chi connectivity index (χ3v) is 5.32. The van der Waals surface area contributed by atoms with Crippen LogP contribution in [0.4, 0.5) is 0 Å². The van der Waals surface area contributed by atoms with Crippen molar-refractivity contribution in [2.75, 3.05) is 7.11 Å². The quantitative estimate of drug-likeness (QED) is 0.491. The smallest absolute Gasteiger partial charge is 0.162 e. The Morgan fingerprint density at radius 1 is 0.964 bits per heavy atom. The predicted octanol–water partition coefficient (Wildman–Crippen LogP) is 6.65. The molecule has 0 spiro atoms. The summed E-state index contributed by atoms with van der Waals surface area (Å²) in [5, 5.41) is 3.68. The minimum Gasteiger partial charge on any atom is -0.493 e. The summed E-state index contributed by atoms with van der Waals surface area (Å²) >= 11 is 3.70. The van der Waals surface area contributed by atoms with Crippen molar-refractivity contribution in [1.29, 1.82) is 0 Å². The fourth-order valence-electron chi connectivity index (χ4n) is 3.55. The molecular weight excluding hydrogens is 414 g/mol. The summed E-state index contributed by atoms with van der Waals surface area (Å²) in [7, 11) is 1.68. The number of aryl methyl sites for hydroxylation is 1. The van der Waals surface area contributed by atoms with Gasteiger partial charge in [-0.05, 0) is 55.9 Å². The molecule has 4 heteroatoms. The Morgan fingerprint density at radius 3 is 2.18 bits per heavy atom. The van der Waals surface area contributed by atoms with E-state index in [2.05, 4.69) is 93.1 Å². The highest BCUT2D eigenvalue weighted by atomic mass is 79.9. The lowest BCUT2D eigenvalue weighted by Crippen LogP contribution is -2.41. The molecule has 0 aliphatic carbocycles. The summed E-state index contributed by atoms with van der Waals surface area (Å²) in [4.78, 5) is 0. The van der Waals surface area contributed by atoms with E-state index >= 15 is 0 Å². The first kappa shape index (κ1) is 22.8. The van der Waals surface area contributed by atoms with Crippen LogP contribution in [0.5, 0.6) is 11.5 Å². The Morgan fingerprint density at radius 2 is 1.61 bits per heavy atom. The van der Waals surface area contributed by atoms with Crippen LogP contribution in [-0.4, -0.2) is 12.6 Å². The monoisotopic (exact) mass is 447 g/mol. The molecule has 0 bridgehead atoms. The van der Waals surface area contributed by atoms with Crippen LogP contribution < -0.4 is 14.8 Å². The Kier molecular flexibility index (Phi) is 7.58. The molecule has 3 nitrogen and oxygen atoms in total. The molecule has 0 fully saturated rings. The molecule has 0 atom stereocenters. The van der Waals surface area contributed by atoms with Gasteiger partial charge in [0.15, 0.2) is 11.5 Å². The Balaban J connectivity index is 2.08. The fraction of sp³-hybridized carbons (Fsp3) is 0.500. The van der Waals surface area contributed by atoms with Crippen LogP contribution in [0, 0.1) is 12.3 Å². The van der Waals surface area contributed by atoms with Crippen LogP contribution in [0.1, 0.15) is 57.7 Å². The lowest BCUT2D eigenvalue weighted by molar-refractivity contribution is 0.240. The molecule has 2 rings (SSSR count). The molecule has 0 radical (unpaired) electrons. The Bertz CT molecular complexity index is 776.